The SMILES string of the molecule is COc1ccc(N2CCN(C(=O)c3cc(S(=O)(=O)N4CCC(C)CC4)ccc3OC)CC2)cc1. The van der Waals surface area contributed by atoms with Gasteiger partial charge < -0.3 is 19.3 Å². The van der Waals surface area contributed by atoms with Gasteiger partial charge in [0.1, 0.15) is 11.5 Å². The van der Waals surface area contributed by atoms with Gasteiger partial charge in [-0.25, -0.2) is 8.42 Å². The van der Waals surface area contributed by atoms with Gasteiger partial charge in [0.05, 0.1) is 24.7 Å². The van der Waals surface area contributed by atoms with Crippen molar-refractivity contribution >= 4 is 21.6 Å². The van der Waals surface area contributed by atoms with Crippen molar-refractivity contribution in [2.24, 2.45) is 5.92 Å². The molecule has 2 aromatic carbocycles. The number of carbonyl (C=O) groups excluding carboxylic acids is 1. The van der Waals surface area contributed by atoms with Crippen LogP contribution in [-0.2, 0) is 10.0 Å². The molecular weight excluding hydrogens is 454 g/mol. The van der Waals surface area contributed by atoms with E-state index in [-0.39, 0.29) is 16.4 Å². The number of anilines is 1. The molecule has 2 aromatic rings. The lowest BCUT2D eigenvalue weighted by atomic mass is 10.0. The zero-order valence-corrected chi connectivity index (χ0v) is 20.9. The zero-order valence-electron chi connectivity index (χ0n) is 20.1. The second-order valence-electron chi connectivity index (χ2n) is 8.93. The van der Waals surface area contributed by atoms with Gasteiger partial charge in [0.25, 0.3) is 5.91 Å². The summed E-state index contributed by atoms with van der Waals surface area (Å²) in [6, 6.07) is 12.5. The minimum atomic E-state index is -3.66. The van der Waals surface area contributed by atoms with Gasteiger partial charge in [0, 0.05) is 45.0 Å². The minimum Gasteiger partial charge on any atom is -0.497 e. The highest BCUT2D eigenvalue weighted by Gasteiger charge is 2.31. The first-order chi connectivity index (χ1) is 16.3. The Balaban J connectivity index is 1.49. The van der Waals surface area contributed by atoms with E-state index in [2.05, 4.69) is 11.8 Å². The van der Waals surface area contributed by atoms with Gasteiger partial charge in [-0.2, -0.15) is 4.31 Å². The predicted molar refractivity (Wildman–Crippen MR) is 131 cm³/mol. The molecule has 9 heteroatoms. The average molecular weight is 488 g/mol. The molecule has 2 saturated heterocycles. The Hall–Kier alpha value is -2.78. The van der Waals surface area contributed by atoms with E-state index in [4.69, 9.17) is 9.47 Å². The molecule has 1 amide bonds. The van der Waals surface area contributed by atoms with Gasteiger partial charge in [0.2, 0.25) is 10.0 Å². The van der Waals surface area contributed by atoms with Crippen LogP contribution in [0.5, 0.6) is 11.5 Å². The van der Waals surface area contributed by atoms with E-state index in [1.807, 2.05) is 24.3 Å². The summed E-state index contributed by atoms with van der Waals surface area (Å²) in [6.07, 6.45) is 1.69. The number of benzene rings is 2. The lowest BCUT2D eigenvalue weighted by Crippen LogP contribution is -2.48. The fourth-order valence-electron chi connectivity index (χ4n) is 4.52. The molecule has 34 heavy (non-hydrogen) atoms. The van der Waals surface area contributed by atoms with E-state index < -0.39 is 10.0 Å². The molecule has 0 bridgehead atoms. The van der Waals surface area contributed by atoms with Gasteiger partial charge in [-0.3, -0.25) is 4.79 Å². The summed E-state index contributed by atoms with van der Waals surface area (Å²) in [5, 5.41) is 0. The van der Waals surface area contributed by atoms with E-state index in [0.29, 0.717) is 50.9 Å². The largest absolute Gasteiger partial charge is 0.497 e. The summed E-state index contributed by atoms with van der Waals surface area (Å²) >= 11 is 0. The van der Waals surface area contributed by atoms with Crippen LogP contribution in [0, 0.1) is 5.92 Å². The standard InChI is InChI=1S/C25H33N3O5S/c1-19-10-12-28(13-11-19)34(30,31)22-8-9-24(33-3)23(18-22)25(29)27-16-14-26(15-17-27)20-4-6-21(32-2)7-5-20/h4-9,18-19H,10-17H2,1-3H3. The third-order valence-electron chi connectivity index (χ3n) is 6.79. The smallest absolute Gasteiger partial charge is 0.257 e. The Kier molecular flexibility index (Phi) is 7.33. The van der Waals surface area contributed by atoms with Crippen molar-refractivity contribution in [1.82, 2.24) is 9.21 Å². The van der Waals surface area contributed by atoms with E-state index in [1.165, 1.54) is 23.5 Å². The molecule has 2 heterocycles. The summed E-state index contributed by atoms with van der Waals surface area (Å²) in [7, 11) is -0.525. The van der Waals surface area contributed by atoms with Crippen molar-refractivity contribution in [3.05, 3.63) is 48.0 Å². The van der Waals surface area contributed by atoms with Crippen molar-refractivity contribution in [3.8, 4) is 11.5 Å². The van der Waals surface area contributed by atoms with Gasteiger partial charge in [-0.15, -0.1) is 0 Å². The van der Waals surface area contributed by atoms with Crippen LogP contribution in [0.25, 0.3) is 0 Å². The van der Waals surface area contributed by atoms with Crippen molar-refractivity contribution in [1.29, 1.82) is 0 Å². The van der Waals surface area contributed by atoms with Crippen LogP contribution in [0.4, 0.5) is 5.69 Å². The number of rotatable bonds is 6. The molecule has 0 spiro atoms. The molecule has 2 aliphatic heterocycles. The van der Waals surface area contributed by atoms with Crippen LogP contribution in [0.2, 0.25) is 0 Å². The highest BCUT2D eigenvalue weighted by molar-refractivity contribution is 7.89. The monoisotopic (exact) mass is 487 g/mol. The lowest BCUT2D eigenvalue weighted by molar-refractivity contribution is 0.0743. The highest BCUT2D eigenvalue weighted by atomic mass is 32.2. The molecule has 0 N–H and O–H groups in total. The molecule has 4 rings (SSSR count). The molecule has 184 valence electrons. The number of ether oxygens (including phenoxy) is 2. The van der Waals surface area contributed by atoms with Crippen LogP contribution in [0.3, 0.4) is 0 Å². The first-order valence-electron chi connectivity index (χ1n) is 11.7. The number of hydrogen-bond acceptors (Lipinski definition) is 6. The second-order valence-corrected chi connectivity index (χ2v) is 10.9. The second kappa shape index (κ2) is 10.2. The molecule has 0 aromatic heterocycles. The predicted octanol–water partition coefficient (Wildman–Crippen LogP) is 3.09. The Bertz CT molecular complexity index is 1100. The number of carbonyl (C=O) groups is 1. The first kappa shape index (κ1) is 24.3. The molecule has 2 aliphatic rings. The van der Waals surface area contributed by atoms with Crippen molar-refractivity contribution < 1.29 is 22.7 Å². The Morgan fingerprint density at radius 3 is 2.12 bits per heavy atom. The van der Waals surface area contributed by atoms with Gasteiger partial charge >= 0.3 is 0 Å². The number of methoxy groups -OCH3 is 2. The molecule has 8 nitrogen and oxygen atoms in total. The number of sulfonamides is 1. The molecule has 0 radical (unpaired) electrons. The normalized spacial score (nSPS) is 18.1. The summed E-state index contributed by atoms with van der Waals surface area (Å²) in [5.74, 6) is 1.50. The number of piperazine rings is 1. The van der Waals surface area contributed by atoms with E-state index in [1.54, 1.807) is 18.1 Å². The van der Waals surface area contributed by atoms with Crippen LogP contribution in [-0.4, -0.2) is 77.0 Å². The summed E-state index contributed by atoms with van der Waals surface area (Å²) in [6.45, 7) is 5.60. The number of nitrogens with zero attached hydrogens (tertiary/aromatic N) is 3. The Morgan fingerprint density at radius 2 is 1.53 bits per heavy atom. The number of amides is 1. The fourth-order valence-corrected chi connectivity index (χ4v) is 6.02. The first-order valence-corrected chi connectivity index (χ1v) is 13.1. The molecule has 0 atom stereocenters. The lowest BCUT2D eigenvalue weighted by Gasteiger charge is -2.36. The maximum Gasteiger partial charge on any atom is 0.257 e. The van der Waals surface area contributed by atoms with E-state index in [0.717, 1.165) is 24.3 Å². The van der Waals surface area contributed by atoms with Crippen molar-refractivity contribution in [3.63, 3.8) is 0 Å². The van der Waals surface area contributed by atoms with Gasteiger partial charge in [-0.05, 0) is 61.2 Å². The van der Waals surface area contributed by atoms with Crippen LogP contribution >= 0.6 is 0 Å². The van der Waals surface area contributed by atoms with Gasteiger partial charge in [0.15, 0.2) is 0 Å². The third-order valence-corrected chi connectivity index (χ3v) is 8.68. The quantitative estimate of drug-likeness (QED) is 0.623. The summed E-state index contributed by atoms with van der Waals surface area (Å²) in [5.41, 5.74) is 1.36. The Morgan fingerprint density at radius 1 is 0.882 bits per heavy atom. The molecule has 0 saturated carbocycles. The van der Waals surface area contributed by atoms with Crippen LogP contribution in [0.1, 0.15) is 30.1 Å². The Labute approximate surface area is 202 Å². The highest BCUT2D eigenvalue weighted by Crippen LogP contribution is 2.29. The van der Waals surface area contributed by atoms with Crippen LogP contribution in [0.15, 0.2) is 47.4 Å². The third kappa shape index (κ3) is 5.00. The molecular formula is C25H33N3O5S. The summed E-state index contributed by atoms with van der Waals surface area (Å²) in [4.78, 5) is 17.5. The number of piperidine rings is 1. The maximum absolute atomic E-state index is 13.4. The summed E-state index contributed by atoms with van der Waals surface area (Å²) < 4.78 is 38.6. The van der Waals surface area contributed by atoms with Crippen molar-refractivity contribution in [2.75, 3.05) is 58.4 Å². The van der Waals surface area contributed by atoms with Crippen molar-refractivity contribution in [2.45, 2.75) is 24.7 Å². The minimum absolute atomic E-state index is 0.142. The van der Waals surface area contributed by atoms with Gasteiger partial charge in [-0.1, -0.05) is 6.92 Å². The molecule has 0 aliphatic carbocycles. The van der Waals surface area contributed by atoms with E-state index in [9.17, 15) is 13.2 Å². The maximum atomic E-state index is 13.4. The van der Waals surface area contributed by atoms with Crippen LogP contribution < -0.4 is 14.4 Å². The average Bonchev–Trinajstić information content (AvgIpc) is 2.88. The molecule has 0 unspecified atom stereocenters. The molecule has 2 fully saturated rings. The van der Waals surface area contributed by atoms with E-state index >= 15 is 0 Å². The fraction of sp³-hybridized carbons (Fsp3) is 0.480. The zero-order chi connectivity index (χ0) is 24.3. The topological polar surface area (TPSA) is 79.4 Å². The number of hydrogen-bond donors (Lipinski definition) is 0.